The van der Waals surface area contributed by atoms with Crippen LogP contribution in [0.25, 0.3) is 0 Å². The normalized spacial score (nSPS) is 11.3. The van der Waals surface area contributed by atoms with Crippen LogP contribution in [0.5, 0.6) is 17.2 Å². The highest BCUT2D eigenvalue weighted by Gasteiger charge is 2.44. The number of hydrogen-bond acceptors (Lipinski definition) is 5. The molecule has 0 spiro atoms. The van der Waals surface area contributed by atoms with Crippen LogP contribution < -0.4 is 14.8 Å². The highest BCUT2D eigenvalue weighted by atomic mass is 16.5. The third-order valence-corrected chi connectivity index (χ3v) is 4.70. The standard InChI is InChI=1S/C24H29N3O5/c1-7-31-20-14-19(11-8-16(20)15-25)32-18-12-9-17(10-13-18)26-21(28)24(5,6)27(22(29)30)23(2,3)4/h8-14H,7H2,1-6H3,(H,26,28)(H,29,30). The third-order valence-electron chi connectivity index (χ3n) is 4.70. The Balaban J connectivity index is 2.14. The number of nitrogens with zero attached hydrogens (tertiary/aromatic N) is 2. The van der Waals surface area contributed by atoms with E-state index in [1.165, 1.54) is 0 Å². The molecule has 2 N–H and O–H groups in total. The molecule has 2 amide bonds. The molecule has 0 unspecified atom stereocenters. The summed E-state index contributed by atoms with van der Waals surface area (Å²) < 4.78 is 11.3. The quantitative estimate of drug-likeness (QED) is 0.610. The molecule has 0 aliphatic carbocycles. The predicted molar refractivity (Wildman–Crippen MR) is 121 cm³/mol. The molecule has 32 heavy (non-hydrogen) atoms. The van der Waals surface area contributed by atoms with Crippen LogP contribution in [0.3, 0.4) is 0 Å². The molecule has 0 aliphatic rings. The van der Waals surface area contributed by atoms with Gasteiger partial charge in [0.25, 0.3) is 0 Å². The van der Waals surface area contributed by atoms with Crippen molar-refractivity contribution < 1.29 is 24.2 Å². The second-order valence-corrected chi connectivity index (χ2v) is 8.63. The lowest BCUT2D eigenvalue weighted by Gasteiger charge is -2.43. The Bertz CT molecular complexity index is 1020. The van der Waals surface area contributed by atoms with E-state index in [4.69, 9.17) is 14.7 Å². The number of carbonyl (C=O) groups is 2. The van der Waals surface area contributed by atoms with E-state index in [0.717, 1.165) is 4.90 Å². The zero-order valence-electron chi connectivity index (χ0n) is 19.2. The van der Waals surface area contributed by atoms with Gasteiger partial charge in [0.15, 0.2) is 0 Å². The van der Waals surface area contributed by atoms with E-state index >= 15 is 0 Å². The van der Waals surface area contributed by atoms with E-state index in [-0.39, 0.29) is 0 Å². The first-order chi connectivity index (χ1) is 14.9. The molecular weight excluding hydrogens is 410 g/mol. The fourth-order valence-electron chi connectivity index (χ4n) is 3.43. The maximum Gasteiger partial charge on any atom is 0.408 e. The number of hydrogen-bond donors (Lipinski definition) is 2. The van der Waals surface area contributed by atoms with Gasteiger partial charge in [-0.25, -0.2) is 4.79 Å². The average Bonchev–Trinajstić information content (AvgIpc) is 2.68. The highest BCUT2D eigenvalue weighted by Crippen LogP contribution is 2.30. The minimum Gasteiger partial charge on any atom is -0.492 e. The summed E-state index contributed by atoms with van der Waals surface area (Å²) in [4.78, 5) is 25.8. The fraction of sp³-hybridized carbons (Fsp3) is 0.375. The Morgan fingerprint density at radius 1 is 1.06 bits per heavy atom. The third kappa shape index (κ3) is 5.70. The van der Waals surface area contributed by atoms with Gasteiger partial charge in [0.05, 0.1) is 12.2 Å². The van der Waals surface area contributed by atoms with Crippen molar-refractivity contribution in [2.24, 2.45) is 0 Å². The summed E-state index contributed by atoms with van der Waals surface area (Å²) in [6.45, 7) is 10.6. The lowest BCUT2D eigenvalue weighted by atomic mass is 9.94. The topological polar surface area (TPSA) is 112 Å². The molecule has 0 saturated heterocycles. The Labute approximate surface area is 188 Å². The maximum absolute atomic E-state index is 12.9. The van der Waals surface area contributed by atoms with Crippen molar-refractivity contribution in [1.29, 1.82) is 5.26 Å². The maximum atomic E-state index is 12.9. The number of nitriles is 1. The number of anilines is 1. The van der Waals surface area contributed by atoms with Crippen LogP contribution in [0, 0.1) is 11.3 Å². The molecule has 8 heteroatoms. The van der Waals surface area contributed by atoms with Crippen molar-refractivity contribution >= 4 is 17.7 Å². The molecule has 2 rings (SSSR count). The molecular formula is C24H29N3O5. The number of carboxylic acid groups (broad SMARTS) is 1. The summed E-state index contributed by atoms with van der Waals surface area (Å²) in [5, 5.41) is 21.5. The largest absolute Gasteiger partial charge is 0.492 e. The van der Waals surface area contributed by atoms with Crippen LogP contribution in [0.4, 0.5) is 10.5 Å². The number of ether oxygens (including phenoxy) is 2. The van der Waals surface area contributed by atoms with Gasteiger partial charge < -0.3 is 19.9 Å². The van der Waals surface area contributed by atoms with Crippen molar-refractivity contribution in [2.75, 3.05) is 11.9 Å². The molecule has 0 atom stereocenters. The molecule has 0 fully saturated rings. The zero-order chi connectivity index (χ0) is 24.1. The summed E-state index contributed by atoms with van der Waals surface area (Å²) in [5.41, 5.74) is -1.13. The van der Waals surface area contributed by atoms with Crippen LogP contribution in [-0.4, -0.2) is 39.7 Å². The number of rotatable bonds is 7. The van der Waals surface area contributed by atoms with Crippen molar-refractivity contribution in [1.82, 2.24) is 4.90 Å². The van der Waals surface area contributed by atoms with Gasteiger partial charge in [0, 0.05) is 17.3 Å². The van der Waals surface area contributed by atoms with Crippen molar-refractivity contribution in [3.05, 3.63) is 48.0 Å². The fourth-order valence-corrected chi connectivity index (χ4v) is 3.43. The van der Waals surface area contributed by atoms with Gasteiger partial charge in [-0.05, 0) is 77.9 Å². The van der Waals surface area contributed by atoms with E-state index in [1.54, 1.807) is 77.1 Å². The van der Waals surface area contributed by atoms with E-state index in [2.05, 4.69) is 11.4 Å². The average molecular weight is 440 g/mol. The number of carbonyl (C=O) groups excluding carboxylic acids is 1. The molecule has 2 aromatic carbocycles. The van der Waals surface area contributed by atoms with Gasteiger partial charge in [-0.2, -0.15) is 5.26 Å². The molecule has 0 saturated carbocycles. The van der Waals surface area contributed by atoms with Gasteiger partial charge in [-0.15, -0.1) is 0 Å². The summed E-state index contributed by atoms with van der Waals surface area (Å²) in [7, 11) is 0. The van der Waals surface area contributed by atoms with E-state index in [1.807, 2.05) is 6.92 Å². The van der Waals surface area contributed by atoms with Crippen molar-refractivity contribution in [3.8, 4) is 23.3 Å². The summed E-state index contributed by atoms with van der Waals surface area (Å²) in [5.74, 6) is 1.03. The van der Waals surface area contributed by atoms with Gasteiger partial charge >= 0.3 is 6.09 Å². The van der Waals surface area contributed by atoms with Crippen LogP contribution in [0.15, 0.2) is 42.5 Å². The van der Waals surface area contributed by atoms with Gasteiger partial charge in [-0.1, -0.05) is 0 Å². The SMILES string of the molecule is CCOc1cc(Oc2ccc(NC(=O)C(C)(C)N(C(=O)O)C(C)(C)C)cc2)ccc1C#N. The molecule has 170 valence electrons. The molecule has 2 aromatic rings. The predicted octanol–water partition coefficient (Wildman–Crippen LogP) is 5.24. The second-order valence-electron chi connectivity index (χ2n) is 8.63. The van der Waals surface area contributed by atoms with E-state index in [0.29, 0.717) is 35.1 Å². The first-order valence-corrected chi connectivity index (χ1v) is 10.2. The number of benzene rings is 2. The van der Waals surface area contributed by atoms with Crippen molar-refractivity contribution in [3.63, 3.8) is 0 Å². The van der Waals surface area contributed by atoms with Crippen LogP contribution in [0.1, 0.15) is 47.1 Å². The monoisotopic (exact) mass is 439 g/mol. The van der Waals surface area contributed by atoms with Crippen LogP contribution >= 0.6 is 0 Å². The molecule has 0 aliphatic heterocycles. The number of nitrogens with one attached hydrogen (secondary N) is 1. The van der Waals surface area contributed by atoms with Crippen molar-refractivity contribution in [2.45, 2.75) is 52.6 Å². The molecule has 8 nitrogen and oxygen atoms in total. The Morgan fingerprint density at radius 2 is 1.66 bits per heavy atom. The Kier molecular flexibility index (Phi) is 7.36. The Hall–Kier alpha value is -3.73. The lowest BCUT2D eigenvalue weighted by Crippen LogP contribution is -2.61. The van der Waals surface area contributed by atoms with Crippen LogP contribution in [-0.2, 0) is 4.79 Å². The molecule has 0 heterocycles. The first kappa shape index (κ1) is 24.5. The molecule has 0 radical (unpaired) electrons. The van der Waals surface area contributed by atoms with Gasteiger partial charge in [0.1, 0.15) is 28.9 Å². The lowest BCUT2D eigenvalue weighted by molar-refractivity contribution is -0.128. The smallest absolute Gasteiger partial charge is 0.408 e. The molecule has 0 aromatic heterocycles. The summed E-state index contributed by atoms with van der Waals surface area (Å²) >= 11 is 0. The van der Waals surface area contributed by atoms with Gasteiger partial charge in [-0.3, -0.25) is 9.69 Å². The highest BCUT2D eigenvalue weighted by molar-refractivity contribution is 5.99. The zero-order valence-corrected chi connectivity index (χ0v) is 19.2. The molecule has 0 bridgehead atoms. The summed E-state index contributed by atoms with van der Waals surface area (Å²) in [6.07, 6.45) is -1.17. The number of amides is 2. The minimum atomic E-state index is -1.29. The van der Waals surface area contributed by atoms with E-state index < -0.39 is 23.1 Å². The second kappa shape index (κ2) is 9.60. The van der Waals surface area contributed by atoms with E-state index in [9.17, 15) is 14.7 Å². The Morgan fingerprint density at radius 3 is 2.16 bits per heavy atom. The van der Waals surface area contributed by atoms with Gasteiger partial charge in [0.2, 0.25) is 5.91 Å². The minimum absolute atomic E-state index is 0.422. The first-order valence-electron chi connectivity index (χ1n) is 10.2. The van der Waals surface area contributed by atoms with Crippen LogP contribution in [0.2, 0.25) is 0 Å². The summed E-state index contributed by atoms with van der Waals surface area (Å²) in [6, 6.07) is 13.7.